The zero-order valence-corrected chi connectivity index (χ0v) is 13.0. The van der Waals surface area contributed by atoms with E-state index in [4.69, 9.17) is 0 Å². The number of thiazole rings is 1. The molecule has 0 bridgehead atoms. The number of carboxylic acid groups (broad SMARTS) is 1. The number of nitrogens with one attached hydrogen (secondary N) is 1. The average molecular weight is 311 g/mol. The first-order valence-electron chi connectivity index (χ1n) is 7.22. The van der Waals surface area contributed by atoms with E-state index in [1.807, 2.05) is 12.3 Å². The van der Waals surface area contributed by atoms with Crippen LogP contribution in [0, 0.1) is 5.41 Å². The van der Waals surface area contributed by atoms with E-state index in [0.717, 1.165) is 11.4 Å². The van der Waals surface area contributed by atoms with Crippen molar-refractivity contribution in [2.75, 3.05) is 19.6 Å². The fraction of sp³-hybridized carbons (Fsp3) is 0.643. The van der Waals surface area contributed by atoms with E-state index in [1.54, 1.807) is 22.4 Å². The number of likely N-dealkylation sites (tertiary alicyclic amines) is 1. The quantitative estimate of drug-likeness (QED) is 0.871. The SMILES string of the molecule is CCC1(C(=O)O)CCN(C(=O)NCCc2nccs2)CC1. The van der Waals surface area contributed by atoms with Gasteiger partial charge in [-0.25, -0.2) is 9.78 Å². The summed E-state index contributed by atoms with van der Waals surface area (Å²) < 4.78 is 0. The number of hydrogen-bond donors (Lipinski definition) is 2. The minimum Gasteiger partial charge on any atom is -0.481 e. The lowest BCUT2D eigenvalue weighted by Gasteiger charge is -2.38. The molecule has 1 aliphatic heterocycles. The fourth-order valence-electron chi connectivity index (χ4n) is 2.62. The number of rotatable bonds is 5. The summed E-state index contributed by atoms with van der Waals surface area (Å²) in [7, 11) is 0. The Morgan fingerprint density at radius 2 is 2.19 bits per heavy atom. The fourth-order valence-corrected chi connectivity index (χ4v) is 3.24. The van der Waals surface area contributed by atoms with Gasteiger partial charge in [0, 0.05) is 37.6 Å². The number of aromatic nitrogens is 1. The highest BCUT2D eigenvalue weighted by Gasteiger charge is 2.40. The van der Waals surface area contributed by atoms with Gasteiger partial charge in [0.1, 0.15) is 0 Å². The molecule has 7 heteroatoms. The summed E-state index contributed by atoms with van der Waals surface area (Å²) in [5, 5.41) is 15.1. The Kier molecular flexibility index (Phi) is 5.17. The minimum absolute atomic E-state index is 0.110. The third kappa shape index (κ3) is 3.72. The van der Waals surface area contributed by atoms with Crippen LogP contribution < -0.4 is 5.32 Å². The lowest BCUT2D eigenvalue weighted by molar-refractivity contribution is -0.151. The molecule has 0 spiro atoms. The van der Waals surface area contributed by atoms with E-state index < -0.39 is 11.4 Å². The second kappa shape index (κ2) is 6.89. The molecule has 6 nitrogen and oxygen atoms in total. The van der Waals surface area contributed by atoms with Crippen LogP contribution in [0.25, 0.3) is 0 Å². The Morgan fingerprint density at radius 3 is 2.71 bits per heavy atom. The van der Waals surface area contributed by atoms with Crippen LogP contribution in [0.3, 0.4) is 0 Å². The van der Waals surface area contributed by atoms with Crippen LogP contribution in [0.4, 0.5) is 4.79 Å². The van der Waals surface area contributed by atoms with Gasteiger partial charge in [0.25, 0.3) is 0 Å². The third-order valence-corrected chi connectivity index (χ3v) is 5.08. The maximum absolute atomic E-state index is 12.0. The van der Waals surface area contributed by atoms with E-state index in [1.165, 1.54) is 0 Å². The molecule has 0 unspecified atom stereocenters. The van der Waals surface area contributed by atoms with Gasteiger partial charge in [0.05, 0.1) is 10.4 Å². The molecule has 0 atom stereocenters. The summed E-state index contributed by atoms with van der Waals surface area (Å²) in [5.41, 5.74) is -0.655. The highest BCUT2D eigenvalue weighted by Crippen LogP contribution is 2.35. The first-order chi connectivity index (χ1) is 10.1. The van der Waals surface area contributed by atoms with Crippen LogP contribution in [-0.4, -0.2) is 46.6 Å². The van der Waals surface area contributed by atoms with Crippen LogP contribution in [0.5, 0.6) is 0 Å². The second-order valence-electron chi connectivity index (χ2n) is 5.33. The van der Waals surface area contributed by atoms with E-state index in [9.17, 15) is 14.7 Å². The van der Waals surface area contributed by atoms with Crippen molar-refractivity contribution in [2.24, 2.45) is 5.41 Å². The molecule has 1 aromatic rings. The first-order valence-corrected chi connectivity index (χ1v) is 8.10. The van der Waals surface area contributed by atoms with Crippen molar-refractivity contribution in [2.45, 2.75) is 32.6 Å². The van der Waals surface area contributed by atoms with E-state index in [2.05, 4.69) is 10.3 Å². The Bertz CT molecular complexity index is 482. The van der Waals surface area contributed by atoms with E-state index in [-0.39, 0.29) is 6.03 Å². The minimum atomic E-state index is -0.742. The summed E-state index contributed by atoms with van der Waals surface area (Å²) in [6, 6.07) is -0.110. The van der Waals surface area contributed by atoms with Crippen molar-refractivity contribution >= 4 is 23.3 Å². The van der Waals surface area contributed by atoms with Crippen LogP contribution in [-0.2, 0) is 11.2 Å². The first kappa shape index (κ1) is 15.8. The molecule has 1 aliphatic rings. The summed E-state index contributed by atoms with van der Waals surface area (Å²) in [6.45, 7) is 3.46. The molecule has 2 amide bonds. The largest absolute Gasteiger partial charge is 0.481 e. The molecule has 0 aromatic carbocycles. The van der Waals surface area contributed by atoms with Gasteiger partial charge in [0.2, 0.25) is 0 Å². The number of carboxylic acids is 1. The molecule has 0 aliphatic carbocycles. The number of nitrogens with zero attached hydrogens (tertiary/aromatic N) is 2. The normalized spacial score (nSPS) is 17.5. The number of carbonyl (C=O) groups is 2. The van der Waals surface area contributed by atoms with Gasteiger partial charge >= 0.3 is 12.0 Å². The van der Waals surface area contributed by atoms with Gasteiger partial charge in [-0.15, -0.1) is 11.3 Å². The van der Waals surface area contributed by atoms with Gasteiger partial charge in [0.15, 0.2) is 0 Å². The Balaban J connectivity index is 1.76. The number of hydrogen-bond acceptors (Lipinski definition) is 4. The Labute approximate surface area is 128 Å². The topological polar surface area (TPSA) is 82.5 Å². The molecule has 1 fully saturated rings. The second-order valence-corrected chi connectivity index (χ2v) is 6.31. The molecule has 2 heterocycles. The lowest BCUT2D eigenvalue weighted by Crippen LogP contribution is -2.49. The van der Waals surface area contributed by atoms with Crippen molar-refractivity contribution in [3.8, 4) is 0 Å². The van der Waals surface area contributed by atoms with Crippen LogP contribution in [0.15, 0.2) is 11.6 Å². The monoisotopic (exact) mass is 311 g/mol. The molecular weight excluding hydrogens is 290 g/mol. The van der Waals surface area contributed by atoms with Crippen molar-refractivity contribution in [3.63, 3.8) is 0 Å². The molecular formula is C14H21N3O3S. The summed E-state index contributed by atoms with van der Waals surface area (Å²) >= 11 is 1.57. The van der Waals surface area contributed by atoms with E-state index in [0.29, 0.717) is 38.9 Å². The molecule has 2 rings (SSSR count). The van der Waals surface area contributed by atoms with Crippen molar-refractivity contribution in [1.82, 2.24) is 15.2 Å². The lowest BCUT2D eigenvalue weighted by atomic mass is 9.76. The van der Waals surface area contributed by atoms with Gasteiger partial charge in [-0.05, 0) is 19.3 Å². The molecule has 2 N–H and O–H groups in total. The maximum Gasteiger partial charge on any atom is 0.317 e. The Morgan fingerprint density at radius 1 is 1.48 bits per heavy atom. The number of carbonyl (C=O) groups excluding carboxylic acids is 1. The molecule has 116 valence electrons. The maximum atomic E-state index is 12.0. The number of piperidine rings is 1. The van der Waals surface area contributed by atoms with Crippen LogP contribution in [0.2, 0.25) is 0 Å². The van der Waals surface area contributed by atoms with Gasteiger partial charge < -0.3 is 15.3 Å². The van der Waals surface area contributed by atoms with Gasteiger partial charge in [-0.1, -0.05) is 6.92 Å². The smallest absolute Gasteiger partial charge is 0.317 e. The van der Waals surface area contributed by atoms with Crippen molar-refractivity contribution < 1.29 is 14.7 Å². The third-order valence-electron chi connectivity index (χ3n) is 4.24. The predicted octanol–water partition coefficient (Wildman–Crippen LogP) is 1.97. The zero-order valence-electron chi connectivity index (χ0n) is 12.2. The number of amides is 2. The molecule has 0 radical (unpaired) electrons. The zero-order chi connectivity index (χ0) is 15.3. The van der Waals surface area contributed by atoms with Crippen molar-refractivity contribution in [3.05, 3.63) is 16.6 Å². The summed E-state index contributed by atoms with van der Waals surface area (Å²) in [4.78, 5) is 29.3. The number of urea groups is 1. The highest BCUT2D eigenvalue weighted by atomic mass is 32.1. The number of aliphatic carboxylic acids is 1. The Hall–Kier alpha value is -1.63. The molecule has 1 saturated heterocycles. The highest BCUT2D eigenvalue weighted by molar-refractivity contribution is 7.09. The molecule has 1 aromatic heterocycles. The molecule has 21 heavy (non-hydrogen) atoms. The van der Waals surface area contributed by atoms with Gasteiger partial charge in [-0.3, -0.25) is 4.79 Å². The average Bonchev–Trinajstić information content (AvgIpc) is 3.00. The van der Waals surface area contributed by atoms with Crippen LogP contribution >= 0.6 is 11.3 Å². The summed E-state index contributed by atoms with van der Waals surface area (Å²) in [5.74, 6) is -0.742. The standard InChI is InChI=1S/C14H21N3O3S/c1-2-14(12(18)19)4-8-17(9-5-14)13(20)16-6-3-11-15-7-10-21-11/h7,10H,2-6,8-9H2,1H3,(H,16,20)(H,18,19). The van der Waals surface area contributed by atoms with Gasteiger partial charge in [-0.2, -0.15) is 0 Å². The predicted molar refractivity (Wildman–Crippen MR) is 80.4 cm³/mol. The van der Waals surface area contributed by atoms with E-state index >= 15 is 0 Å². The summed E-state index contributed by atoms with van der Waals surface area (Å²) in [6.07, 6.45) is 4.15. The molecule has 0 saturated carbocycles. The van der Waals surface area contributed by atoms with Crippen LogP contribution in [0.1, 0.15) is 31.2 Å². The van der Waals surface area contributed by atoms with Crippen molar-refractivity contribution in [1.29, 1.82) is 0 Å².